The number of amides is 2. The van der Waals surface area contributed by atoms with Gasteiger partial charge in [0.05, 0.1) is 0 Å². The summed E-state index contributed by atoms with van der Waals surface area (Å²) >= 11 is 0. The van der Waals surface area contributed by atoms with Crippen LogP contribution in [0.15, 0.2) is 0 Å². The quantitative estimate of drug-likeness (QED) is 0.849. The van der Waals surface area contributed by atoms with Crippen molar-refractivity contribution in [1.29, 1.82) is 0 Å². The first-order chi connectivity index (χ1) is 10.5. The van der Waals surface area contributed by atoms with Crippen LogP contribution in [0.25, 0.3) is 0 Å². The SMILES string of the molecule is CCC1CCC(CNC(=O)C2CCCN2C(=O)C(C)C)CC1. The third kappa shape index (κ3) is 4.23. The number of hydrogen-bond donors (Lipinski definition) is 1. The van der Waals surface area contributed by atoms with E-state index >= 15 is 0 Å². The Labute approximate surface area is 135 Å². The van der Waals surface area contributed by atoms with Crippen molar-refractivity contribution in [3.63, 3.8) is 0 Å². The van der Waals surface area contributed by atoms with Crippen molar-refractivity contribution in [2.45, 2.75) is 71.8 Å². The highest BCUT2D eigenvalue weighted by Crippen LogP contribution is 2.30. The molecular formula is C18H32N2O2. The number of carbonyl (C=O) groups is 2. The van der Waals surface area contributed by atoms with E-state index in [0.717, 1.165) is 31.8 Å². The molecule has 1 aliphatic carbocycles. The predicted octanol–water partition coefficient (Wildman–Crippen LogP) is 2.97. The van der Waals surface area contributed by atoms with Crippen LogP contribution in [0.3, 0.4) is 0 Å². The predicted molar refractivity (Wildman–Crippen MR) is 88.3 cm³/mol. The minimum absolute atomic E-state index is 0.0299. The van der Waals surface area contributed by atoms with Crippen LogP contribution in [0.4, 0.5) is 0 Å². The average molecular weight is 308 g/mol. The molecular weight excluding hydrogens is 276 g/mol. The maximum Gasteiger partial charge on any atom is 0.242 e. The molecule has 1 aliphatic heterocycles. The van der Waals surface area contributed by atoms with Gasteiger partial charge in [-0.3, -0.25) is 9.59 Å². The molecule has 126 valence electrons. The van der Waals surface area contributed by atoms with Gasteiger partial charge in [0.2, 0.25) is 11.8 Å². The largest absolute Gasteiger partial charge is 0.354 e. The number of hydrogen-bond acceptors (Lipinski definition) is 2. The van der Waals surface area contributed by atoms with Crippen molar-refractivity contribution >= 4 is 11.8 Å². The molecule has 0 bridgehead atoms. The van der Waals surface area contributed by atoms with Crippen LogP contribution in [0.2, 0.25) is 0 Å². The molecule has 4 heteroatoms. The van der Waals surface area contributed by atoms with Gasteiger partial charge in [0.15, 0.2) is 0 Å². The molecule has 2 rings (SSSR count). The van der Waals surface area contributed by atoms with E-state index in [1.165, 1.54) is 32.1 Å². The Bertz CT molecular complexity index is 387. The van der Waals surface area contributed by atoms with E-state index < -0.39 is 0 Å². The second-order valence-electron chi connectivity index (χ2n) is 7.38. The Morgan fingerprint density at radius 1 is 1.09 bits per heavy atom. The third-order valence-corrected chi connectivity index (χ3v) is 5.44. The minimum atomic E-state index is -0.234. The highest BCUT2D eigenvalue weighted by atomic mass is 16.2. The van der Waals surface area contributed by atoms with E-state index in [0.29, 0.717) is 5.92 Å². The zero-order valence-corrected chi connectivity index (χ0v) is 14.4. The first-order valence-corrected chi connectivity index (χ1v) is 9.11. The fraction of sp³-hybridized carbons (Fsp3) is 0.889. The van der Waals surface area contributed by atoms with Crippen molar-refractivity contribution in [3.05, 3.63) is 0 Å². The van der Waals surface area contributed by atoms with Crippen LogP contribution in [0, 0.1) is 17.8 Å². The molecule has 4 nitrogen and oxygen atoms in total. The average Bonchev–Trinajstić information content (AvgIpc) is 3.01. The standard InChI is InChI=1S/C18H32N2O2/c1-4-14-7-9-15(10-8-14)12-19-17(21)16-6-5-11-20(16)18(22)13(2)3/h13-16H,4-12H2,1-3H3,(H,19,21). The van der Waals surface area contributed by atoms with E-state index in [1.807, 2.05) is 13.8 Å². The molecule has 0 spiro atoms. The van der Waals surface area contributed by atoms with Crippen LogP contribution in [-0.4, -0.2) is 35.8 Å². The van der Waals surface area contributed by atoms with Crippen molar-refractivity contribution in [1.82, 2.24) is 10.2 Å². The van der Waals surface area contributed by atoms with E-state index in [9.17, 15) is 9.59 Å². The summed E-state index contributed by atoms with van der Waals surface area (Å²) in [6, 6.07) is -0.234. The Kier molecular flexibility index (Phi) is 6.27. The lowest BCUT2D eigenvalue weighted by Crippen LogP contribution is -2.48. The van der Waals surface area contributed by atoms with Crippen molar-refractivity contribution < 1.29 is 9.59 Å². The highest BCUT2D eigenvalue weighted by molar-refractivity contribution is 5.88. The molecule has 0 aromatic carbocycles. The van der Waals surface area contributed by atoms with E-state index in [2.05, 4.69) is 12.2 Å². The monoisotopic (exact) mass is 308 g/mol. The Morgan fingerprint density at radius 3 is 2.32 bits per heavy atom. The van der Waals surface area contributed by atoms with Gasteiger partial charge < -0.3 is 10.2 Å². The maximum absolute atomic E-state index is 12.4. The van der Waals surface area contributed by atoms with Gasteiger partial charge in [0, 0.05) is 19.0 Å². The molecule has 0 aromatic heterocycles. The summed E-state index contributed by atoms with van der Waals surface area (Å²) in [5.41, 5.74) is 0. The molecule has 2 amide bonds. The summed E-state index contributed by atoms with van der Waals surface area (Å²) in [7, 11) is 0. The van der Waals surface area contributed by atoms with Gasteiger partial charge in [-0.15, -0.1) is 0 Å². The molecule has 0 radical (unpaired) electrons. The van der Waals surface area contributed by atoms with Crippen LogP contribution < -0.4 is 5.32 Å². The van der Waals surface area contributed by atoms with Crippen LogP contribution in [0.5, 0.6) is 0 Å². The normalized spacial score (nSPS) is 28.9. The zero-order valence-electron chi connectivity index (χ0n) is 14.4. The number of nitrogens with one attached hydrogen (secondary N) is 1. The van der Waals surface area contributed by atoms with Crippen LogP contribution in [-0.2, 0) is 9.59 Å². The van der Waals surface area contributed by atoms with Gasteiger partial charge in [-0.2, -0.15) is 0 Å². The molecule has 2 aliphatic rings. The van der Waals surface area contributed by atoms with E-state index in [4.69, 9.17) is 0 Å². The fourth-order valence-corrected chi connectivity index (χ4v) is 3.84. The second kappa shape index (κ2) is 7.98. The lowest BCUT2D eigenvalue weighted by atomic mass is 9.81. The molecule has 1 unspecified atom stereocenters. The Morgan fingerprint density at radius 2 is 1.73 bits per heavy atom. The Hall–Kier alpha value is -1.06. The topological polar surface area (TPSA) is 49.4 Å². The number of nitrogens with zero attached hydrogens (tertiary/aromatic N) is 1. The molecule has 1 N–H and O–H groups in total. The fourth-order valence-electron chi connectivity index (χ4n) is 3.84. The summed E-state index contributed by atoms with van der Waals surface area (Å²) < 4.78 is 0. The van der Waals surface area contributed by atoms with Crippen LogP contribution >= 0.6 is 0 Å². The third-order valence-electron chi connectivity index (χ3n) is 5.44. The number of carbonyl (C=O) groups excluding carboxylic acids is 2. The van der Waals surface area contributed by atoms with Crippen molar-refractivity contribution in [2.75, 3.05) is 13.1 Å². The first-order valence-electron chi connectivity index (χ1n) is 9.11. The summed E-state index contributed by atoms with van der Waals surface area (Å²) in [4.78, 5) is 26.4. The molecule has 1 heterocycles. The zero-order chi connectivity index (χ0) is 16.1. The summed E-state index contributed by atoms with van der Waals surface area (Å²) in [6.07, 6.45) is 8.12. The van der Waals surface area contributed by atoms with Gasteiger partial charge in [-0.25, -0.2) is 0 Å². The van der Waals surface area contributed by atoms with Crippen LogP contribution in [0.1, 0.15) is 65.7 Å². The lowest BCUT2D eigenvalue weighted by molar-refractivity contribution is -0.140. The molecule has 2 fully saturated rings. The first kappa shape index (κ1) is 17.3. The minimum Gasteiger partial charge on any atom is -0.354 e. The molecule has 0 aromatic rings. The second-order valence-corrected chi connectivity index (χ2v) is 7.38. The van der Waals surface area contributed by atoms with Crippen molar-refractivity contribution in [3.8, 4) is 0 Å². The highest BCUT2D eigenvalue weighted by Gasteiger charge is 2.35. The smallest absolute Gasteiger partial charge is 0.242 e. The van der Waals surface area contributed by atoms with Crippen molar-refractivity contribution in [2.24, 2.45) is 17.8 Å². The number of rotatable bonds is 5. The van der Waals surface area contributed by atoms with Gasteiger partial charge in [0.25, 0.3) is 0 Å². The van der Waals surface area contributed by atoms with Gasteiger partial charge in [0.1, 0.15) is 6.04 Å². The molecule has 1 saturated heterocycles. The maximum atomic E-state index is 12.4. The van der Waals surface area contributed by atoms with Gasteiger partial charge >= 0.3 is 0 Å². The van der Waals surface area contributed by atoms with E-state index in [-0.39, 0.29) is 23.8 Å². The van der Waals surface area contributed by atoms with E-state index in [1.54, 1.807) is 4.90 Å². The summed E-state index contributed by atoms with van der Waals surface area (Å²) in [5.74, 6) is 1.66. The molecule has 1 atom stereocenters. The van der Waals surface area contributed by atoms with Gasteiger partial charge in [-0.05, 0) is 37.5 Å². The molecule has 1 saturated carbocycles. The summed E-state index contributed by atoms with van der Waals surface area (Å²) in [6.45, 7) is 7.60. The molecule has 22 heavy (non-hydrogen) atoms. The van der Waals surface area contributed by atoms with Gasteiger partial charge in [-0.1, -0.05) is 40.0 Å². The lowest BCUT2D eigenvalue weighted by Gasteiger charge is -2.29. The summed E-state index contributed by atoms with van der Waals surface area (Å²) in [5, 5.41) is 3.12. The Balaban J connectivity index is 1.78. The number of likely N-dealkylation sites (tertiary alicyclic amines) is 1.